The van der Waals surface area contributed by atoms with Gasteiger partial charge >= 0.3 is 0 Å². The first-order valence-corrected chi connectivity index (χ1v) is 4.91. The second-order valence-corrected chi connectivity index (χ2v) is 3.75. The number of aliphatic imine (C=N–C) groups is 1. The van der Waals surface area contributed by atoms with Crippen LogP contribution in [0.1, 0.15) is 38.1 Å². The molecular weight excluding hydrogens is 172 g/mol. The summed E-state index contributed by atoms with van der Waals surface area (Å²) in [6.45, 7) is 12.1. The molecule has 0 bridgehead atoms. The van der Waals surface area contributed by atoms with Crippen LogP contribution < -0.4 is 0 Å². The fourth-order valence-electron chi connectivity index (χ4n) is 1.65. The highest BCUT2D eigenvalue weighted by Gasteiger charge is 2.10. The Balaban J connectivity index is 3.24. The third kappa shape index (κ3) is 1.95. The summed E-state index contributed by atoms with van der Waals surface area (Å²) in [6.07, 6.45) is 3.70. The molecule has 2 heteroatoms. The summed E-state index contributed by atoms with van der Waals surface area (Å²) in [5.41, 5.74) is 3.50. The Kier molecular flexibility index (Phi) is 3.28. The van der Waals surface area contributed by atoms with Crippen molar-refractivity contribution in [2.24, 2.45) is 4.99 Å². The second-order valence-electron chi connectivity index (χ2n) is 3.75. The summed E-state index contributed by atoms with van der Waals surface area (Å²) in [5, 5.41) is 0. The van der Waals surface area contributed by atoms with Gasteiger partial charge in [-0.3, -0.25) is 4.99 Å². The summed E-state index contributed by atoms with van der Waals surface area (Å²) >= 11 is 0. The summed E-state index contributed by atoms with van der Waals surface area (Å²) in [6, 6.07) is 2.59. The molecule has 0 aliphatic rings. The maximum atomic E-state index is 4.23. The molecular formula is C12H18N2. The van der Waals surface area contributed by atoms with Crippen molar-refractivity contribution in [3.63, 3.8) is 0 Å². The minimum atomic E-state index is 0.466. The van der Waals surface area contributed by atoms with Crippen LogP contribution in [0.15, 0.2) is 30.0 Å². The molecule has 0 spiro atoms. The third-order valence-corrected chi connectivity index (χ3v) is 2.30. The van der Waals surface area contributed by atoms with Crippen LogP contribution in [0.3, 0.4) is 0 Å². The summed E-state index contributed by atoms with van der Waals surface area (Å²) in [4.78, 5) is 4.23. The van der Waals surface area contributed by atoms with Gasteiger partial charge in [-0.2, -0.15) is 0 Å². The highest BCUT2D eigenvalue weighted by Crippen LogP contribution is 2.16. The summed E-state index contributed by atoms with van der Waals surface area (Å²) in [5.74, 6) is 0. The maximum absolute atomic E-state index is 4.23. The van der Waals surface area contributed by atoms with Gasteiger partial charge in [-0.05, 0) is 39.3 Å². The Morgan fingerprint density at radius 2 is 2.21 bits per heavy atom. The van der Waals surface area contributed by atoms with Crippen LogP contribution >= 0.6 is 0 Å². The Hall–Kier alpha value is -1.31. The minimum Gasteiger partial charge on any atom is -0.344 e. The molecule has 1 heterocycles. The lowest BCUT2D eigenvalue weighted by molar-refractivity contribution is 0.598. The minimum absolute atomic E-state index is 0.466. The molecule has 0 saturated carbocycles. The first-order valence-electron chi connectivity index (χ1n) is 4.91. The van der Waals surface area contributed by atoms with Gasteiger partial charge in [0, 0.05) is 18.4 Å². The molecule has 1 rings (SSSR count). The van der Waals surface area contributed by atoms with Gasteiger partial charge in [-0.15, -0.1) is 0 Å². The van der Waals surface area contributed by atoms with Gasteiger partial charge in [0.25, 0.3) is 0 Å². The molecule has 0 aromatic carbocycles. The van der Waals surface area contributed by atoms with E-state index in [2.05, 4.69) is 49.2 Å². The molecule has 0 aliphatic heterocycles. The van der Waals surface area contributed by atoms with Crippen molar-refractivity contribution in [1.82, 2.24) is 4.57 Å². The number of aromatic nitrogens is 1. The predicted molar refractivity (Wildman–Crippen MR) is 62.0 cm³/mol. The van der Waals surface area contributed by atoms with E-state index in [0.29, 0.717) is 6.04 Å². The lowest BCUT2D eigenvalue weighted by atomic mass is 10.2. The Morgan fingerprint density at radius 3 is 2.71 bits per heavy atom. The number of hydrogen-bond acceptors (Lipinski definition) is 1. The van der Waals surface area contributed by atoms with Crippen LogP contribution in [-0.4, -0.2) is 10.3 Å². The van der Waals surface area contributed by atoms with Crippen LogP contribution in [-0.2, 0) is 0 Å². The average molecular weight is 190 g/mol. The topological polar surface area (TPSA) is 17.3 Å². The Labute approximate surface area is 86.0 Å². The van der Waals surface area contributed by atoms with Crippen molar-refractivity contribution in [1.29, 1.82) is 0 Å². The van der Waals surface area contributed by atoms with E-state index in [-0.39, 0.29) is 0 Å². The molecule has 76 valence electrons. The van der Waals surface area contributed by atoms with Crippen molar-refractivity contribution in [3.05, 3.63) is 36.3 Å². The van der Waals surface area contributed by atoms with E-state index in [4.69, 9.17) is 0 Å². The molecule has 0 N–H and O–H groups in total. The molecule has 0 unspecified atom stereocenters. The smallest absolute Gasteiger partial charge is 0.0654 e. The average Bonchev–Trinajstić information content (AvgIpc) is 2.47. The highest BCUT2D eigenvalue weighted by molar-refractivity contribution is 5.99. The lowest BCUT2D eigenvalue weighted by Gasteiger charge is -2.13. The van der Waals surface area contributed by atoms with Crippen molar-refractivity contribution in [3.8, 4) is 0 Å². The molecule has 1 aromatic rings. The van der Waals surface area contributed by atoms with Crippen LogP contribution in [0.4, 0.5) is 0 Å². The van der Waals surface area contributed by atoms with Gasteiger partial charge in [-0.1, -0.05) is 6.58 Å². The Bertz CT molecular complexity index is 356. The van der Waals surface area contributed by atoms with E-state index in [1.807, 2.05) is 6.92 Å². The van der Waals surface area contributed by atoms with E-state index < -0.39 is 0 Å². The van der Waals surface area contributed by atoms with Gasteiger partial charge in [-0.25, -0.2) is 0 Å². The first-order chi connectivity index (χ1) is 6.57. The number of aryl methyl sites for hydroxylation is 1. The monoisotopic (exact) mass is 190 g/mol. The zero-order valence-electron chi connectivity index (χ0n) is 9.41. The Morgan fingerprint density at radius 1 is 1.57 bits per heavy atom. The van der Waals surface area contributed by atoms with E-state index in [1.165, 1.54) is 11.3 Å². The van der Waals surface area contributed by atoms with E-state index in [0.717, 1.165) is 5.71 Å². The summed E-state index contributed by atoms with van der Waals surface area (Å²) < 4.78 is 2.23. The van der Waals surface area contributed by atoms with Crippen LogP contribution in [0.2, 0.25) is 0 Å². The van der Waals surface area contributed by atoms with Crippen molar-refractivity contribution >= 4 is 5.71 Å². The molecule has 0 amide bonds. The predicted octanol–water partition coefficient (Wildman–Crippen LogP) is 3.33. The van der Waals surface area contributed by atoms with Crippen LogP contribution in [0, 0.1) is 6.92 Å². The fourth-order valence-corrected chi connectivity index (χ4v) is 1.65. The van der Waals surface area contributed by atoms with Crippen LogP contribution in [0.5, 0.6) is 0 Å². The van der Waals surface area contributed by atoms with E-state index in [9.17, 15) is 0 Å². The maximum Gasteiger partial charge on any atom is 0.0654 e. The SMILES string of the molecule is C=C/N=C(/C)c1c(C)ccn1C(C)C. The standard InChI is InChI=1S/C12H18N2/c1-6-13-11(5)12-10(4)7-8-14(12)9(2)3/h6-9H,1H2,2-5H3/b13-11-. The molecule has 2 nitrogen and oxygen atoms in total. The van der Waals surface area contributed by atoms with Crippen LogP contribution in [0.25, 0.3) is 0 Å². The van der Waals surface area contributed by atoms with Crippen molar-refractivity contribution in [2.75, 3.05) is 0 Å². The highest BCUT2D eigenvalue weighted by atomic mass is 15.0. The molecule has 0 saturated heterocycles. The van der Waals surface area contributed by atoms with E-state index in [1.54, 1.807) is 6.20 Å². The zero-order valence-corrected chi connectivity index (χ0v) is 9.41. The molecule has 0 atom stereocenters. The number of nitrogens with zero attached hydrogens (tertiary/aromatic N) is 2. The molecule has 0 fully saturated rings. The van der Waals surface area contributed by atoms with Gasteiger partial charge in [0.15, 0.2) is 0 Å². The quantitative estimate of drug-likeness (QED) is 0.650. The molecule has 0 radical (unpaired) electrons. The van der Waals surface area contributed by atoms with Gasteiger partial charge in [0.2, 0.25) is 0 Å². The van der Waals surface area contributed by atoms with E-state index >= 15 is 0 Å². The lowest BCUT2D eigenvalue weighted by Crippen LogP contribution is -2.09. The zero-order chi connectivity index (χ0) is 10.7. The number of hydrogen-bond donors (Lipinski definition) is 0. The van der Waals surface area contributed by atoms with Crippen molar-refractivity contribution < 1.29 is 0 Å². The molecule has 1 aromatic heterocycles. The second kappa shape index (κ2) is 4.27. The normalized spacial score (nSPS) is 12.2. The summed E-state index contributed by atoms with van der Waals surface area (Å²) in [7, 11) is 0. The number of rotatable bonds is 3. The molecule has 14 heavy (non-hydrogen) atoms. The molecule has 0 aliphatic carbocycles. The third-order valence-electron chi connectivity index (χ3n) is 2.30. The fraction of sp³-hybridized carbons (Fsp3) is 0.417. The van der Waals surface area contributed by atoms with Crippen molar-refractivity contribution in [2.45, 2.75) is 33.7 Å². The first kappa shape index (κ1) is 10.8. The largest absolute Gasteiger partial charge is 0.344 e. The van der Waals surface area contributed by atoms with Gasteiger partial charge in [0.1, 0.15) is 0 Å². The van der Waals surface area contributed by atoms with Gasteiger partial charge < -0.3 is 4.57 Å². The van der Waals surface area contributed by atoms with Gasteiger partial charge in [0.05, 0.1) is 11.4 Å².